The van der Waals surface area contributed by atoms with E-state index in [9.17, 15) is 4.39 Å². The first kappa shape index (κ1) is 10.7. The van der Waals surface area contributed by atoms with Crippen LogP contribution in [0.5, 0.6) is 5.75 Å². The van der Waals surface area contributed by atoms with Crippen LogP contribution in [-0.4, -0.2) is 11.7 Å². The third-order valence-corrected chi connectivity index (χ3v) is 1.78. The zero-order valence-electron chi connectivity index (χ0n) is 8.03. The van der Waals surface area contributed by atoms with Gasteiger partial charge in [0.2, 0.25) is 0 Å². The Hall–Kier alpha value is -1.35. The third-order valence-electron chi connectivity index (χ3n) is 1.78. The third kappa shape index (κ3) is 2.57. The molecule has 0 saturated heterocycles. The van der Waals surface area contributed by atoms with Gasteiger partial charge < -0.3 is 9.84 Å². The minimum absolute atomic E-state index is 0.133. The van der Waals surface area contributed by atoms with Crippen LogP contribution in [0.1, 0.15) is 12.5 Å². The molecule has 0 atom stereocenters. The number of allylic oxidation sites excluding steroid dienone is 1. The second-order valence-electron chi connectivity index (χ2n) is 2.77. The summed E-state index contributed by atoms with van der Waals surface area (Å²) >= 11 is 0. The molecule has 3 heteroatoms. The van der Waals surface area contributed by atoms with Crippen LogP contribution in [0.25, 0.3) is 0 Å². The fourth-order valence-electron chi connectivity index (χ4n) is 1.07. The van der Waals surface area contributed by atoms with Gasteiger partial charge in [0.15, 0.2) is 11.6 Å². The molecule has 0 heterocycles. The van der Waals surface area contributed by atoms with E-state index in [0.29, 0.717) is 12.2 Å². The molecule has 0 radical (unpaired) electrons. The number of benzene rings is 1. The molecule has 0 spiro atoms. The first-order valence-electron chi connectivity index (χ1n) is 4.41. The molecule has 1 rings (SSSR count). The summed E-state index contributed by atoms with van der Waals surface area (Å²) in [6, 6.07) is 4.49. The molecule has 76 valence electrons. The van der Waals surface area contributed by atoms with Crippen LogP contribution in [0.3, 0.4) is 0 Å². The SMILES string of the molecule is C/C=C/COc1c(F)cccc1CO. The molecule has 0 bridgehead atoms. The largest absolute Gasteiger partial charge is 0.486 e. The number of hydrogen-bond acceptors (Lipinski definition) is 2. The predicted molar refractivity (Wildman–Crippen MR) is 52.6 cm³/mol. The Balaban J connectivity index is 2.82. The van der Waals surface area contributed by atoms with Crippen molar-refractivity contribution in [1.82, 2.24) is 0 Å². The topological polar surface area (TPSA) is 29.5 Å². The van der Waals surface area contributed by atoms with E-state index >= 15 is 0 Å². The Bertz CT molecular complexity index is 321. The number of para-hydroxylation sites is 1. The molecule has 0 aliphatic rings. The maximum Gasteiger partial charge on any atom is 0.165 e. The van der Waals surface area contributed by atoms with Crippen LogP contribution < -0.4 is 4.74 Å². The van der Waals surface area contributed by atoms with Gasteiger partial charge in [0, 0.05) is 5.56 Å². The molecular weight excluding hydrogens is 183 g/mol. The molecule has 0 aromatic heterocycles. The Morgan fingerprint density at radius 1 is 1.50 bits per heavy atom. The van der Waals surface area contributed by atoms with Crippen molar-refractivity contribution in [2.75, 3.05) is 6.61 Å². The fraction of sp³-hybridized carbons (Fsp3) is 0.273. The van der Waals surface area contributed by atoms with Gasteiger partial charge in [-0.25, -0.2) is 4.39 Å². The van der Waals surface area contributed by atoms with E-state index in [4.69, 9.17) is 9.84 Å². The fourth-order valence-corrected chi connectivity index (χ4v) is 1.07. The quantitative estimate of drug-likeness (QED) is 0.748. The summed E-state index contributed by atoms with van der Waals surface area (Å²) in [4.78, 5) is 0. The molecular formula is C11H13FO2. The van der Waals surface area contributed by atoms with E-state index in [2.05, 4.69) is 0 Å². The summed E-state index contributed by atoms with van der Waals surface area (Å²) in [5.41, 5.74) is 0.467. The molecule has 0 saturated carbocycles. The predicted octanol–water partition coefficient (Wildman–Crippen LogP) is 2.27. The van der Waals surface area contributed by atoms with Crippen LogP contribution in [0.15, 0.2) is 30.4 Å². The van der Waals surface area contributed by atoms with E-state index < -0.39 is 5.82 Å². The van der Waals surface area contributed by atoms with Gasteiger partial charge in [-0.3, -0.25) is 0 Å². The van der Waals surface area contributed by atoms with Crippen LogP contribution in [-0.2, 0) is 6.61 Å². The summed E-state index contributed by atoms with van der Waals surface area (Å²) in [6.45, 7) is 1.95. The van der Waals surface area contributed by atoms with Crippen molar-refractivity contribution >= 4 is 0 Å². The van der Waals surface area contributed by atoms with Crippen molar-refractivity contribution in [3.8, 4) is 5.75 Å². The van der Waals surface area contributed by atoms with Gasteiger partial charge in [-0.2, -0.15) is 0 Å². The van der Waals surface area contributed by atoms with Crippen LogP contribution >= 0.6 is 0 Å². The molecule has 2 nitrogen and oxygen atoms in total. The molecule has 0 unspecified atom stereocenters. The minimum Gasteiger partial charge on any atom is -0.486 e. The summed E-state index contributed by atoms with van der Waals surface area (Å²) in [5, 5.41) is 8.93. The summed E-state index contributed by atoms with van der Waals surface area (Å²) in [6.07, 6.45) is 3.59. The lowest BCUT2D eigenvalue weighted by molar-refractivity contribution is 0.265. The van der Waals surface area contributed by atoms with Crippen LogP contribution in [0, 0.1) is 5.82 Å². The van der Waals surface area contributed by atoms with Gasteiger partial charge in [0.05, 0.1) is 6.61 Å². The van der Waals surface area contributed by atoms with E-state index in [1.54, 1.807) is 18.2 Å². The average molecular weight is 196 g/mol. The maximum absolute atomic E-state index is 13.2. The highest BCUT2D eigenvalue weighted by molar-refractivity contribution is 5.34. The summed E-state index contributed by atoms with van der Waals surface area (Å²) in [5.74, 6) is -0.311. The van der Waals surface area contributed by atoms with Crippen molar-refractivity contribution in [3.63, 3.8) is 0 Å². The molecule has 0 amide bonds. The smallest absolute Gasteiger partial charge is 0.165 e. The number of rotatable bonds is 4. The molecule has 14 heavy (non-hydrogen) atoms. The first-order chi connectivity index (χ1) is 6.79. The molecule has 1 N–H and O–H groups in total. The van der Waals surface area contributed by atoms with Gasteiger partial charge in [0.1, 0.15) is 6.61 Å². The van der Waals surface area contributed by atoms with Crippen LogP contribution in [0.4, 0.5) is 4.39 Å². The van der Waals surface area contributed by atoms with Gasteiger partial charge in [-0.1, -0.05) is 24.3 Å². The standard InChI is InChI=1S/C11H13FO2/c1-2-3-7-14-11-9(8-13)5-4-6-10(11)12/h2-6,13H,7-8H2,1H3/b3-2+. The van der Waals surface area contributed by atoms with Crippen molar-refractivity contribution in [3.05, 3.63) is 41.7 Å². The molecule has 1 aromatic carbocycles. The minimum atomic E-state index is -0.443. The highest BCUT2D eigenvalue weighted by Crippen LogP contribution is 2.22. The van der Waals surface area contributed by atoms with Gasteiger partial charge in [-0.15, -0.1) is 0 Å². The number of ether oxygens (including phenoxy) is 1. The zero-order valence-corrected chi connectivity index (χ0v) is 8.03. The maximum atomic E-state index is 13.2. The van der Waals surface area contributed by atoms with Crippen molar-refractivity contribution in [1.29, 1.82) is 0 Å². The van der Waals surface area contributed by atoms with Crippen molar-refractivity contribution < 1.29 is 14.2 Å². The molecule has 1 aromatic rings. The Kier molecular flexibility index (Phi) is 4.13. The van der Waals surface area contributed by atoms with E-state index in [0.717, 1.165) is 0 Å². The summed E-state index contributed by atoms with van der Waals surface area (Å²) < 4.78 is 18.4. The van der Waals surface area contributed by atoms with Crippen molar-refractivity contribution in [2.45, 2.75) is 13.5 Å². The normalized spacial score (nSPS) is 10.8. The highest BCUT2D eigenvalue weighted by atomic mass is 19.1. The lowest BCUT2D eigenvalue weighted by Crippen LogP contribution is -2.00. The second kappa shape index (κ2) is 5.40. The first-order valence-corrected chi connectivity index (χ1v) is 4.41. The molecule has 0 fully saturated rings. The van der Waals surface area contributed by atoms with Gasteiger partial charge in [0.25, 0.3) is 0 Å². The lowest BCUT2D eigenvalue weighted by Gasteiger charge is -2.08. The molecule has 0 aliphatic carbocycles. The second-order valence-corrected chi connectivity index (χ2v) is 2.77. The highest BCUT2D eigenvalue weighted by Gasteiger charge is 2.07. The number of aliphatic hydroxyl groups excluding tert-OH is 1. The number of aliphatic hydroxyl groups is 1. The number of hydrogen-bond donors (Lipinski definition) is 1. The number of halogens is 1. The van der Waals surface area contributed by atoms with Crippen molar-refractivity contribution in [2.24, 2.45) is 0 Å². The summed E-state index contributed by atoms with van der Waals surface area (Å²) in [7, 11) is 0. The Morgan fingerprint density at radius 2 is 2.29 bits per heavy atom. The van der Waals surface area contributed by atoms with Gasteiger partial charge in [-0.05, 0) is 13.0 Å². The average Bonchev–Trinajstić information content (AvgIpc) is 2.20. The monoisotopic (exact) mass is 196 g/mol. The zero-order chi connectivity index (χ0) is 10.4. The van der Waals surface area contributed by atoms with E-state index in [-0.39, 0.29) is 12.4 Å². The Labute approximate surface area is 82.6 Å². The van der Waals surface area contributed by atoms with E-state index in [1.165, 1.54) is 6.07 Å². The lowest BCUT2D eigenvalue weighted by atomic mass is 10.2. The van der Waals surface area contributed by atoms with Crippen LogP contribution in [0.2, 0.25) is 0 Å². The van der Waals surface area contributed by atoms with Gasteiger partial charge >= 0.3 is 0 Å². The Morgan fingerprint density at radius 3 is 2.93 bits per heavy atom. The van der Waals surface area contributed by atoms with E-state index in [1.807, 2.05) is 13.0 Å². The molecule has 0 aliphatic heterocycles.